The van der Waals surface area contributed by atoms with Gasteiger partial charge in [-0.15, -0.1) is 0 Å². The molecule has 2 aromatic rings. The molecule has 0 atom stereocenters. The van der Waals surface area contributed by atoms with Crippen molar-refractivity contribution >= 4 is 22.5 Å². The summed E-state index contributed by atoms with van der Waals surface area (Å²) in [5, 5.41) is 1.78. The van der Waals surface area contributed by atoms with E-state index in [-0.39, 0.29) is 0 Å². The Morgan fingerprint density at radius 2 is 2.19 bits per heavy atom. The second kappa shape index (κ2) is 4.36. The first-order chi connectivity index (χ1) is 7.69. The third-order valence-electron chi connectivity index (χ3n) is 2.83. The summed E-state index contributed by atoms with van der Waals surface area (Å²) in [6.45, 7) is 2.67. The van der Waals surface area contributed by atoms with E-state index in [1.165, 1.54) is 0 Å². The number of fused-ring (bicyclic) bond motifs is 1. The van der Waals surface area contributed by atoms with Crippen molar-refractivity contribution in [1.29, 1.82) is 0 Å². The Bertz CT molecular complexity index is 519. The predicted molar refractivity (Wildman–Crippen MR) is 67.4 cm³/mol. The van der Waals surface area contributed by atoms with Crippen LogP contribution in [-0.2, 0) is 6.42 Å². The van der Waals surface area contributed by atoms with Gasteiger partial charge in [0.15, 0.2) is 0 Å². The quantitative estimate of drug-likeness (QED) is 0.864. The van der Waals surface area contributed by atoms with Gasteiger partial charge in [0.05, 0.1) is 17.6 Å². The topological polar surface area (TPSA) is 51.0 Å². The molecule has 1 heterocycles. The molecule has 1 aromatic carbocycles. The van der Waals surface area contributed by atoms with Gasteiger partial charge >= 0.3 is 0 Å². The van der Waals surface area contributed by atoms with Gasteiger partial charge in [-0.2, -0.15) is 0 Å². The van der Waals surface area contributed by atoms with E-state index in [4.69, 9.17) is 22.1 Å². The minimum atomic E-state index is 0.619. The monoisotopic (exact) mass is 238 g/mol. The first-order valence-electron chi connectivity index (χ1n) is 5.22. The standard InChI is InChI=1S/C12H15ClN2O/c1-7-9(5-6-14)15-12-10(16-2)4-3-8(13)11(7)12/h3-4,15H,5-6,14H2,1-2H3. The summed E-state index contributed by atoms with van der Waals surface area (Å²) in [6, 6.07) is 3.72. The number of aromatic amines is 1. The van der Waals surface area contributed by atoms with E-state index < -0.39 is 0 Å². The number of aromatic nitrogens is 1. The molecule has 0 fully saturated rings. The average Bonchev–Trinajstić information content (AvgIpc) is 2.59. The zero-order valence-corrected chi connectivity index (χ0v) is 10.2. The van der Waals surface area contributed by atoms with Crippen molar-refractivity contribution < 1.29 is 4.74 Å². The fraction of sp³-hybridized carbons (Fsp3) is 0.333. The Balaban J connectivity index is 2.73. The lowest BCUT2D eigenvalue weighted by molar-refractivity contribution is 0.419. The largest absolute Gasteiger partial charge is 0.495 e. The number of rotatable bonds is 3. The van der Waals surface area contributed by atoms with Crippen LogP contribution in [0.15, 0.2) is 12.1 Å². The highest BCUT2D eigenvalue weighted by Crippen LogP contribution is 2.34. The second-order valence-electron chi connectivity index (χ2n) is 3.77. The maximum atomic E-state index is 6.20. The highest BCUT2D eigenvalue weighted by atomic mass is 35.5. The molecule has 0 aliphatic carbocycles. The number of ether oxygens (including phenoxy) is 1. The molecule has 2 rings (SSSR count). The van der Waals surface area contributed by atoms with E-state index in [1.807, 2.05) is 12.1 Å². The highest BCUT2D eigenvalue weighted by Gasteiger charge is 2.13. The lowest BCUT2D eigenvalue weighted by Crippen LogP contribution is -2.03. The Morgan fingerprint density at radius 3 is 2.81 bits per heavy atom. The molecule has 3 nitrogen and oxygen atoms in total. The van der Waals surface area contributed by atoms with Crippen LogP contribution in [0.2, 0.25) is 5.02 Å². The third-order valence-corrected chi connectivity index (χ3v) is 3.15. The van der Waals surface area contributed by atoms with Crippen molar-refractivity contribution in [1.82, 2.24) is 4.98 Å². The molecule has 86 valence electrons. The molecule has 0 bridgehead atoms. The van der Waals surface area contributed by atoms with Crippen LogP contribution in [0.5, 0.6) is 5.75 Å². The summed E-state index contributed by atoms with van der Waals surface area (Å²) in [5.41, 5.74) is 8.82. The maximum absolute atomic E-state index is 6.20. The zero-order chi connectivity index (χ0) is 11.7. The number of aryl methyl sites for hydroxylation is 1. The third kappa shape index (κ3) is 1.66. The van der Waals surface area contributed by atoms with Gasteiger partial charge in [-0.3, -0.25) is 0 Å². The van der Waals surface area contributed by atoms with Crippen LogP contribution in [0, 0.1) is 6.92 Å². The van der Waals surface area contributed by atoms with Crippen molar-refractivity contribution in [2.24, 2.45) is 5.73 Å². The van der Waals surface area contributed by atoms with Crippen LogP contribution in [-0.4, -0.2) is 18.6 Å². The van der Waals surface area contributed by atoms with Gasteiger partial charge in [0, 0.05) is 17.5 Å². The maximum Gasteiger partial charge on any atom is 0.143 e. The molecule has 0 saturated carbocycles. The fourth-order valence-electron chi connectivity index (χ4n) is 2.01. The molecule has 16 heavy (non-hydrogen) atoms. The molecule has 1 aromatic heterocycles. The number of hydrogen-bond donors (Lipinski definition) is 2. The first kappa shape index (κ1) is 11.3. The lowest BCUT2D eigenvalue weighted by atomic mass is 10.1. The summed E-state index contributed by atoms with van der Waals surface area (Å²) in [5.74, 6) is 0.811. The van der Waals surface area contributed by atoms with E-state index in [9.17, 15) is 0 Å². The van der Waals surface area contributed by atoms with Crippen molar-refractivity contribution in [2.75, 3.05) is 13.7 Å². The summed E-state index contributed by atoms with van der Waals surface area (Å²) in [4.78, 5) is 3.34. The minimum Gasteiger partial charge on any atom is -0.495 e. The highest BCUT2D eigenvalue weighted by molar-refractivity contribution is 6.36. The van der Waals surface area contributed by atoms with E-state index in [0.29, 0.717) is 6.54 Å². The van der Waals surface area contributed by atoms with Crippen LogP contribution in [0.3, 0.4) is 0 Å². The molecular weight excluding hydrogens is 224 g/mol. The van der Waals surface area contributed by atoms with Gasteiger partial charge in [-0.05, 0) is 31.2 Å². The van der Waals surface area contributed by atoms with E-state index in [0.717, 1.165) is 39.4 Å². The molecule has 4 heteroatoms. The number of halogens is 1. The van der Waals surface area contributed by atoms with Crippen molar-refractivity contribution in [3.8, 4) is 5.75 Å². The smallest absolute Gasteiger partial charge is 0.143 e. The lowest BCUT2D eigenvalue weighted by Gasteiger charge is -2.02. The molecule has 0 amide bonds. The van der Waals surface area contributed by atoms with Gasteiger partial charge in [0.25, 0.3) is 0 Å². The van der Waals surface area contributed by atoms with Crippen LogP contribution < -0.4 is 10.5 Å². The number of H-pyrrole nitrogens is 1. The number of hydrogen-bond acceptors (Lipinski definition) is 2. The minimum absolute atomic E-state index is 0.619. The molecule has 0 aliphatic rings. The summed E-state index contributed by atoms with van der Waals surface area (Å²) in [7, 11) is 1.65. The molecule has 0 saturated heterocycles. The molecule has 0 radical (unpaired) electrons. The summed E-state index contributed by atoms with van der Waals surface area (Å²) < 4.78 is 5.31. The molecular formula is C12H15ClN2O. The summed E-state index contributed by atoms with van der Waals surface area (Å²) in [6.07, 6.45) is 0.819. The van der Waals surface area contributed by atoms with E-state index in [1.54, 1.807) is 7.11 Å². The molecule has 0 spiro atoms. The second-order valence-corrected chi connectivity index (χ2v) is 4.17. The first-order valence-corrected chi connectivity index (χ1v) is 5.60. The normalized spacial score (nSPS) is 11.0. The Morgan fingerprint density at radius 1 is 1.44 bits per heavy atom. The van der Waals surface area contributed by atoms with E-state index >= 15 is 0 Å². The number of benzene rings is 1. The average molecular weight is 239 g/mol. The Hall–Kier alpha value is -1.19. The fourth-order valence-corrected chi connectivity index (χ4v) is 2.31. The summed E-state index contributed by atoms with van der Waals surface area (Å²) >= 11 is 6.20. The van der Waals surface area contributed by atoms with Gasteiger partial charge in [0.2, 0.25) is 0 Å². The molecule has 0 aliphatic heterocycles. The van der Waals surface area contributed by atoms with E-state index in [2.05, 4.69) is 11.9 Å². The van der Waals surface area contributed by atoms with Gasteiger partial charge < -0.3 is 15.5 Å². The molecule has 3 N–H and O–H groups in total. The van der Waals surface area contributed by atoms with Crippen LogP contribution >= 0.6 is 11.6 Å². The number of nitrogens with two attached hydrogens (primary N) is 1. The Labute approximate surface area is 99.5 Å². The van der Waals surface area contributed by atoms with Gasteiger partial charge in [-0.25, -0.2) is 0 Å². The zero-order valence-electron chi connectivity index (χ0n) is 9.43. The van der Waals surface area contributed by atoms with Gasteiger partial charge in [0.1, 0.15) is 5.75 Å². The number of nitrogens with one attached hydrogen (secondary N) is 1. The van der Waals surface area contributed by atoms with Crippen molar-refractivity contribution in [3.63, 3.8) is 0 Å². The molecule has 0 unspecified atom stereocenters. The van der Waals surface area contributed by atoms with Gasteiger partial charge in [-0.1, -0.05) is 11.6 Å². The van der Waals surface area contributed by atoms with Crippen molar-refractivity contribution in [2.45, 2.75) is 13.3 Å². The van der Waals surface area contributed by atoms with Crippen LogP contribution in [0.25, 0.3) is 10.9 Å². The van der Waals surface area contributed by atoms with Crippen molar-refractivity contribution in [3.05, 3.63) is 28.4 Å². The SMILES string of the molecule is COc1ccc(Cl)c2c(C)c(CCN)[nH]c12. The number of methoxy groups -OCH3 is 1. The Kier molecular flexibility index (Phi) is 3.08. The predicted octanol–water partition coefficient (Wildman–Crippen LogP) is 2.64. The van der Waals surface area contributed by atoms with Crippen LogP contribution in [0.4, 0.5) is 0 Å². The van der Waals surface area contributed by atoms with Crippen LogP contribution in [0.1, 0.15) is 11.3 Å².